The first-order valence-corrected chi connectivity index (χ1v) is 10.3. The quantitative estimate of drug-likeness (QED) is 0.855. The summed E-state index contributed by atoms with van der Waals surface area (Å²) in [4.78, 5) is 27.1. The molecule has 0 unspecified atom stereocenters. The van der Waals surface area contributed by atoms with Gasteiger partial charge in [-0.25, -0.2) is 0 Å². The Hall–Kier alpha value is -3.13. The Bertz CT molecular complexity index is 909. The number of likely N-dealkylation sites (tertiary alicyclic amines) is 1. The average Bonchev–Trinajstić information content (AvgIpc) is 3.59. The van der Waals surface area contributed by atoms with E-state index in [9.17, 15) is 9.59 Å². The van der Waals surface area contributed by atoms with Crippen LogP contribution in [0, 0.1) is 23.2 Å². The Morgan fingerprint density at radius 2 is 1.72 bits per heavy atom. The van der Waals surface area contributed by atoms with Crippen molar-refractivity contribution in [3.05, 3.63) is 71.3 Å². The molecule has 0 aromatic heterocycles. The van der Waals surface area contributed by atoms with Crippen molar-refractivity contribution in [1.82, 2.24) is 10.2 Å². The van der Waals surface area contributed by atoms with Crippen LogP contribution in [-0.2, 0) is 4.79 Å². The highest BCUT2D eigenvalue weighted by atomic mass is 16.2. The highest BCUT2D eigenvalue weighted by Gasteiger charge is 2.46. The van der Waals surface area contributed by atoms with Crippen LogP contribution in [0.25, 0.3) is 0 Å². The van der Waals surface area contributed by atoms with E-state index in [1.54, 1.807) is 24.3 Å². The minimum atomic E-state index is -0.114. The van der Waals surface area contributed by atoms with Gasteiger partial charge in [-0.3, -0.25) is 9.59 Å². The smallest absolute Gasteiger partial charge is 0.251 e. The molecule has 5 nitrogen and oxygen atoms in total. The van der Waals surface area contributed by atoms with Gasteiger partial charge in [0.25, 0.3) is 5.91 Å². The molecule has 0 radical (unpaired) electrons. The monoisotopic (exact) mass is 387 g/mol. The van der Waals surface area contributed by atoms with E-state index in [0.29, 0.717) is 35.4 Å². The summed E-state index contributed by atoms with van der Waals surface area (Å²) in [7, 11) is 0. The van der Waals surface area contributed by atoms with Crippen LogP contribution >= 0.6 is 0 Å². The van der Waals surface area contributed by atoms with Crippen LogP contribution in [0.5, 0.6) is 0 Å². The summed E-state index contributed by atoms with van der Waals surface area (Å²) < 4.78 is 0. The normalized spacial score (nSPS) is 21.3. The number of nitriles is 1. The van der Waals surface area contributed by atoms with E-state index in [2.05, 4.69) is 23.5 Å². The second-order valence-electron chi connectivity index (χ2n) is 8.03. The number of nitrogens with one attached hydrogen (secondary N) is 1. The van der Waals surface area contributed by atoms with Crippen molar-refractivity contribution in [2.75, 3.05) is 19.6 Å². The summed E-state index contributed by atoms with van der Waals surface area (Å²) in [5.41, 5.74) is 2.38. The van der Waals surface area contributed by atoms with E-state index in [-0.39, 0.29) is 11.8 Å². The van der Waals surface area contributed by atoms with E-state index < -0.39 is 0 Å². The molecular formula is C24H25N3O2. The van der Waals surface area contributed by atoms with Crippen LogP contribution in [0.3, 0.4) is 0 Å². The largest absolute Gasteiger partial charge is 0.352 e. The van der Waals surface area contributed by atoms with Gasteiger partial charge in [-0.1, -0.05) is 30.3 Å². The molecule has 1 N–H and O–H groups in total. The fourth-order valence-electron chi connectivity index (χ4n) is 4.16. The second kappa shape index (κ2) is 8.48. The molecule has 5 heteroatoms. The molecule has 1 aliphatic heterocycles. The SMILES string of the molecule is N#Cc1ccc(C(=O)NCC2CCN(C(=O)[C@@H]3C[C@H]3c3ccccc3)CC2)cc1. The zero-order valence-electron chi connectivity index (χ0n) is 16.4. The molecule has 1 saturated carbocycles. The van der Waals surface area contributed by atoms with Crippen LogP contribution in [-0.4, -0.2) is 36.3 Å². The summed E-state index contributed by atoms with van der Waals surface area (Å²) in [6, 6.07) is 19.0. The highest BCUT2D eigenvalue weighted by Crippen LogP contribution is 2.48. The Morgan fingerprint density at radius 3 is 2.38 bits per heavy atom. The molecule has 2 fully saturated rings. The molecule has 2 amide bonds. The van der Waals surface area contributed by atoms with Crippen LogP contribution in [0.15, 0.2) is 54.6 Å². The van der Waals surface area contributed by atoms with Crippen LogP contribution in [0.1, 0.15) is 46.7 Å². The Labute approximate surface area is 171 Å². The Morgan fingerprint density at radius 1 is 1.03 bits per heavy atom. The second-order valence-corrected chi connectivity index (χ2v) is 8.03. The number of amides is 2. The highest BCUT2D eigenvalue weighted by molar-refractivity contribution is 5.94. The molecule has 1 saturated heterocycles. The summed E-state index contributed by atoms with van der Waals surface area (Å²) in [5, 5.41) is 11.8. The maximum atomic E-state index is 12.8. The van der Waals surface area contributed by atoms with Gasteiger partial charge in [0.05, 0.1) is 11.6 Å². The first-order chi connectivity index (χ1) is 14.2. The number of carbonyl (C=O) groups excluding carboxylic acids is 2. The molecule has 0 spiro atoms. The number of benzene rings is 2. The standard InChI is InChI=1S/C24H25N3O2/c25-15-17-6-8-20(9-7-17)23(28)26-16-18-10-12-27(13-11-18)24(29)22-14-21(22)19-4-2-1-3-5-19/h1-9,18,21-22H,10-14,16H2,(H,26,28)/t21-,22+/m0/s1. The molecule has 1 aliphatic carbocycles. The number of hydrogen-bond donors (Lipinski definition) is 1. The first kappa shape index (κ1) is 19.2. The maximum Gasteiger partial charge on any atom is 0.251 e. The Kier molecular flexibility index (Phi) is 5.62. The molecule has 4 rings (SSSR count). The van der Waals surface area contributed by atoms with Crippen LogP contribution < -0.4 is 5.32 Å². The minimum Gasteiger partial charge on any atom is -0.352 e. The lowest BCUT2D eigenvalue weighted by Crippen LogP contribution is -2.42. The van der Waals surface area contributed by atoms with Gasteiger partial charge >= 0.3 is 0 Å². The number of rotatable bonds is 5. The number of nitrogens with zero attached hydrogens (tertiary/aromatic N) is 2. The maximum absolute atomic E-state index is 12.8. The van der Waals surface area contributed by atoms with Crippen molar-refractivity contribution < 1.29 is 9.59 Å². The summed E-state index contributed by atoms with van der Waals surface area (Å²) in [5.74, 6) is 1.10. The predicted molar refractivity (Wildman–Crippen MR) is 110 cm³/mol. The summed E-state index contributed by atoms with van der Waals surface area (Å²) in [6.45, 7) is 2.17. The molecule has 1 heterocycles. The van der Waals surface area contributed by atoms with Gasteiger partial charge in [0, 0.05) is 31.1 Å². The molecule has 148 valence electrons. The molecule has 2 aliphatic rings. The minimum absolute atomic E-state index is 0.114. The van der Waals surface area contributed by atoms with E-state index in [0.717, 1.165) is 32.4 Å². The molecule has 2 atom stereocenters. The van der Waals surface area contributed by atoms with Crippen molar-refractivity contribution in [2.24, 2.45) is 11.8 Å². The molecule has 2 aromatic carbocycles. The van der Waals surface area contributed by atoms with Crippen molar-refractivity contribution >= 4 is 11.8 Å². The van der Waals surface area contributed by atoms with Crippen molar-refractivity contribution in [1.29, 1.82) is 5.26 Å². The van der Waals surface area contributed by atoms with Gasteiger partial charge in [-0.05, 0) is 60.9 Å². The zero-order chi connectivity index (χ0) is 20.2. The number of piperidine rings is 1. The van der Waals surface area contributed by atoms with E-state index >= 15 is 0 Å². The number of carbonyl (C=O) groups is 2. The fourth-order valence-corrected chi connectivity index (χ4v) is 4.16. The third kappa shape index (κ3) is 4.48. The van der Waals surface area contributed by atoms with Gasteiger partial charge in [0.15, 0.2) is 0 Å². The lowest BCUT2D eigenvalue weighted by atomic mass is 9.96. The van der Waals surface area contributed by atoms with Gasteiger partial charge in [-0.15, -0.1) is 0 Å². The van der Waals surface area contributed by atoms with Gasteiger partial charge in [-0.2, -0.15) is 5.26 Å². The molecule has 0 bridgehead atoms. The summed E-state index contributed by atoms with van der Waals surface area (Å²) >= 11 is 0. The zero-order valence-corrected chi connectivity index (χ0v) is 16.4. The van der Waals surface area contributed by atoms with Crippen LogP contribution in [0.4, 0.5) is 0 Å². The fraction of sp³-hybridized carbons (Fsp3) is 0.375. The van der Waals surface area contributed by atoms with Crippen LogP contribution in [0.2, 0.25) is 0 Å². The topological polar surface area (TPSA) is 73.2 Å². The average molecular weight is 387 g/mol. The van der Waals surface area contributed by atoms with Gasteiger partial charge in [0.2, 0.25) is 5.91 Å². The van der Waals surface area contributed by atoms with E-state index in [1.807, 2.05) is 23.1 Å². The molecule has 2 aromatic rings. The van der Waals surface area contributed by atoms with Gasteiger partial charge < -0.3 is 10.2 Å². The Balaban J connectivity index is 1.21. The predicted octanol–water partition coefficient (Wildman–Crippen LogP) is 3.33. The molecular weight excluding hydrogens is 362 g/mol. The lowest BCUT2D eigenvalue weighted by molar-refractivity contribution is -0.134. The van der Waals surface area contributed by atoms with Gasteiger partial charge in [0.1, 0.15) is 0 Å². The van der Waals surface area contributed by atoms with Crippen molar-refractivity contribution in [3.63, 3.8) is 0 Å². The third-order valence-electron chi connectivity index (χ3n) is 6.09. The first-order valence-electron chi connectivity index (χ1n) is 10.3. The van der Waals surface area contributed by atoms with Crippen molar-refractivity contribution in [3.8, 4) is 6.07 Å². The lowest BCUT2D eigenvalue weighted by Gasteiger charge is -2.32. The molecule has 29 heavy (non-hydrogen) atoms. The number of hydrogen-bond acceptors (Lipinski definition) is 3. The summed E-state index contributed by atoms with van der Waals surface area (Å²) in [6.07, 6.45) is 2.80. The van der Waals surface area contributed by atoms with E-state index in [1.165, 1.54) is 5.56 Å². The van der Waals surface area contributed by atoms with E-state index in [4.69, 9.17) is 5.26 Å². The third-order valence-corrected chi connectivity index (χ3v) is 6.09. The van der Waals surface area contributed by atoms with Crippen molar-refractivity contribution in [2.45, 2.75) is 25.2 Å².